The van der Waals surface area contributed by atoms with Crippen LogP contribution < -0.4 is 4.74 Å². The van der Waals surface area contributed by atoms with Crippen molar-refractivity contribution in [2.75, 3.05) is 13.1 Å². The molecule has 1 unspecified atom stereocenters. The Morgan fingerprint density at radius 2 is 1.79 bits per heavy atom. The van der Waals surface area contributed by atoms with Gasteiger partial charge >= 0.3 is 0 Å². The second kappa shape index (κ2) is 9.24. The maximum atomic E-state index is 13.5. The number of hydrogen-bond donors (Lipinski definition) is 0. The van der Waals surface area contributed by atoms with Gasteiger partial charge in [-0.15, -0.1) is 0 Å². The smallest absolute Gasteiger partial charge is 0.253 e. The molecule has 0 spiro atoms. The van der Waals surface area contributed by atoms with Crippen LogP contribution in [0.3, 0.4) is 0 Å². The Morgan fingerprint density at radius 3 is 2.58 bits per heavy atom. The molecule has 1 aromatic heterocycles. The van der Waals surface area contributed by atoms with Gasteiger partial charge in [-0.25, -0.2) is 4.39 Å². The number of hydrogen-bond acceptors (Lipinski definition) is 5. The van der Waals surface area contributed by atoms with Crippen LogP contribution in [0.5, 0.6) is 11.5 Å². The van der Waals surface area contributed by atoms with Crippen LogP contribution in [-0.2, 0) is 0 Å². The highest BCUT2D eigenvalue weighted by atomic mass is 19.1. The Bertz CT molecular complexity index is 1240. The van der Waals surface area contributed by atoms with Crippen LogP contribution in [0.1, 0.15) is 35.0 Å². The van der Waals surface area contributed by atoms with Crippen LogP contribution in [0, 0.1) is 5.82 Å². The molecule has 166 valence electrons. The third-order valence-corrected chi connectivity index (χ3v) is 5.66. The van der Waals surface area contributed by atoms with Crippen molar-refractivity contribution in [3.8, 4) is 22.9 Å². The highest BCUT2D eigenvalue weighted by molar-refractivity contribution is 5.94. The summed E-state index contributed by atoms with van der Waals surface area (Å²) in [7, 11) is 0. The van der Waals surface area contributed by atoms with Gasteiger partial charge in [-0.3, -0.25) is 4.79 Å². The van der Waals surface area contributed by atoms with E-state index in [1.165, 1.54) is 12.1 Å². The summed E-state index contributed by atoms with van der Waals surface area (Å²) in [4.78, 5) is 19.4. The van der Waals surface area contributed by atoms with Gasteiger partial charge in [0.15, 0.2) is 0 Å². The zero-order valence-corrected chi connectivity index (χ0v) is 17.9. The molecule has 0 saturated carbocycles. The fourth-order valence-electron chi connectivity index (χ4n) is 3.98. The minimum absolute atomic E-state index is 0.0455. The van der Waals surface area contributed by atoms with Crippen molar-refractivity contribution in [1.82, 2.24) is 15.0 Å². The fraction of sp³-hybridized carbons (Fsp3) is 0.192. The fourth-order valence-corrected chi connectivity index (χ4v) is 3.98. The summed E-state index contributed by atoms with van der Waals surface area (Å²) in [6.45, 7) is 1.16. The number of para-hydroxylation sites is 1. The molecule has 6 nitrogen and oxygen atoms in total. The summed E-state index contributed by atoms with van der Waals surface area (Å²) in [6.07, 6.45) is 1.68. The molecule has 0 aliphatic carbocycles. The summed E-state index contributed by atoms with van der Waals surface area (Å²) < 4.78 is 24.8. The zero-order chi connectivity index (χ0) is 22.6. The quantitative estimate of drug-likeness (QED) is 0.396. The molecule has 4 aromatic rings. The predicted molar refractivity (Wildman–Crippen MR) is 121 cm³/mol. The zero-order valence-electron chi connectivity index (χ0n) is 17.9. The van der Waals surface area contributed by atoms with Crippen molar-refractivity contribution in [3.05, 3.63) is 96.1 Å². The molecule has 33 heavy (non-hydrogen) atoms. The van der Waals surface area contributed by atoms with Crippen molar-refractivity contribution in [3.63, 3.8) is 0 Å². The number of carbonyl (C=O) groups excluding carboxylic acids is 1. The average Bonchev–Trinajstić information content (AvgIpc) is 3.35. The minimum atomic E-state index is -0.353. The number of ether oxygens (including phenoxy) is 1. The number of carbonyl (C=O) groups is 1. The van der Waals surface area contributed by atoms with Crippen molar-refractivity contribution >= 4 is 5.91 Å². The summed E-state index contributed by atoms with van der Waals surface area (Å²) >= 11 is 0. The van der Waals surface area contributed by atoms with Gasteiger partial charge in [-0.1, -0.05) is 35.5 Å². The van der Waals surface area contributed by atoms with Gasteiger partial charge in [0, 0.05) is 24.2 Å². The Balaban J connectivity index is 1.25. The van der Waals surface area contributed by atoms with E-state index in [1.807, 2.05) is 35.2 Å². The number of nitrogens with zero attached hydrogens (tertiary/aromatic N) is 3. The first-order valence-electron chi connectivity index (χ1n) is 10.9. The van der Waals surface area contributed by atoms with Crippen molar-refractivity contribution in [2.24, 2.45) is 0 Å². The standard InChI is InChI=1S/C26H22FN3O3/c27-21-8-4-6-19(16-21)24-28-25(33-29-24)20-7-5-15-30(17-20)26(31)18-11-13-23(14-12-18)32-22-9-2-1-3-10-22/h1-4,6,8-14,16,20H,5,7,15,17H2. The molecule has 1 saturated heterocycles. The Morgan fingerprint density at radius 1 is 1.00 bits per heavy atom. The lowest BCUT2D eigenvalue weighted by Gasteiger charge is -2.31. The molecule has 0 radical (unpaired) electrons. The third-order valence-electron chi connectivity index (χ3n) is 5.66. The molecule has 5 rings (SSSR count). The monoisotopic (exact) mass is 443 g/mol. The summed E-state index contributed by atoms with van der Waals surface area (Å²) in [5, 5.41) is 4.00. The molecule has 1 aliphatic rings. The van der Waals surface area contributed by atoms with Gasteiger partial charge < -0.3 is 14.2 Å². The summed E-state index contributed by atoms with van der Waals surface area (Å²) in [6, 6.07) is 22.7. The predicted octanol–water partition coefficient (Wildman–Crippen LogP) is 5.69. The third kappa shape index (κ3) is 4.77. The van der Waals surface area contributed by atoms with Gasteiger partial charge in [0.25, 0.3) is 5.91 Å². The maximum Gasteiger partial charge on any atom is 0.253 e. The number of piperidine rings is 1. The Hall–Kier alpha value is -4.00. The normalized spacial score (nSPS) is 15.9. The van der Waals surface area contributed by atoms with E-state index in [4.69, 9.17) is 9.26 Å². The van der Waals surface area contributed by atoms with Crippen LogP contribution in [0.15, 0.2) is 83.4 Å². The number of likely N-dealkylation sites (tertiary alicyclic amines) is 1. The van der Waals surface area contributed by atoms with Gasteiger partial charge in [-0.05, 0) is 61.4 Å². The largest absolute Gasteiger partial charge is 0.457 e. The first-order chi connectivity index (χ1) is 16.2. The van der Waals surface area contributed by atoms with Crippen molar-refractivity contribution in [1.29, 1.82) is 0 Å². The van der Waals surface area contributed by atoms with Crippen LogP contribution in [0.4, 0.5) is 4.39 Å². The number of halogens is 1. The van der Waals surface area contributed by atoms with Gasteiger partial charge in [0.2, 0.25) is 11.7 Å². The van der Waals surface area contributed by atoms with Crippen molar-refractivity contribution in [2.45, 2.75) is 18.8 Å². The summed E-state index contributed by atoms with van der Waals surface area (Å²) in [5.41, 5.74) is 1.16. The van der Waals surface area contributed by atoms with Gasteiger partial charge in [0.05, 0.1) is 5.92 Å². The maximum absolute atomic E-state index is 13.5. The SMILES string of the molecule is O=C(c1ccc(Oc2ccccc2)cc1)N1CCCC(c2nc(-c3cccc(F)c3)no2)C1. The van der Waals surface area contributed by atoms with Crippen molar-refractivity contribution < 1.29 is 18.4 Å². The highest BCUT2D eigenvalue weighted by Gasteiger charge is 2.29. The van der Waals surface area contributed by atoms with Crippen LogP contribution >= 0.6 is 0 Å². The molecule has 1 fully saturated rings. The van der Waals surface area contributed by atoms with E-state index in [1.54, 1.807) is 36.4 Å². The second-order valence-electron chi connectivity index (χ2n) is 8.00. The van der Waals surface area contributed by atoms with E-state index in [2.05, 4.69) is 10.1 Å². The van der Waals surface area contributed by atoms with E-state index in [0.29, 0.717) is 41.7 Å². The lowest BCUT2D eigenvalue weighted by molar-refractivity contribution is 0.0695. The van der Waals surface area contributed by atoms with E-state index in [9.17, 15) is 9.18 Å². The topological polar surface area (TPSA) is 68.5 Å². The Labute approximate surface area is 190 Å². The van der Waals surface area contributed by atoms with E-state index < -0.39 is 0 Å². The van der Waals surface area contributed by atoms with Crippen LogP contribution in [0.25, 0.3) is 11.4 Å². The first-order valence-corrected chi connectivity index (χ1v) is 10.9. The number of rotatable bonds is 5. The average molecular weight is 443 g/mol. The summed E-state index contributed by atoms with van der Waals surface area (Å²) in [5.74, 6) is 1.78. The molecular weight excluding hydrogens is 421 g/mol. The number of benzene rings is 3. The van der Waals surface area contributed by atoms with Crippen LogP contribution in [0.2, 0.25) is 0 Å². The van der Waals surface area contributed by atoms with E-state index in [0.717, 1.165) is 18.6 Å². The molecule has 7 heteroatoms. The number of amides is 1. The van der Waals surface area contributed by atoms with Crippen LogP contribution in [-0.4, -0.2) is 34.0 Å². The van der Waals surface area contributed by atoms with E-state index in [-0.39, 0.29) is 17.6 Å². The first kappa shape index (κ1) is 20.9. The Kier molecular flexibility index (Phi) is 5.85. The van der Waals surface area contributed by atoms with Gasteiger partial charge in [0.1, 0.15) is 17.3 Å². The molecular formula is C26H22FN3O3. The molecule has 1 aliphatic heterocycles. The molecule has 1 amide bonds. The van der Waals surface area contributed by atoms with Gasteiger partial charge in [-0.2, -0.15) is 4.98 Å². The lowest BCUT2D eigenvalue weighted by atomic mass is 9.97. The second-order valence-corrected chi connectivity index (χ2v) is 8.00. The minimum Gasteiger partial charge on any atom is -0.457 e. The van der Waals surface area contributed by atoms with E-state index >= 15 is 0 Å². The molecule has 0 N–H and O–H groups in total. The lowest BCUT2D eigenvalue weighted by Crippen LogP contribution is -2.39. The molecule has 2 heterocycles. The number of aromatic nitrogens is 2. The molecule has 1 atom stereocenters. The highest BCUT2D eigenvalue weighted by Crippen LogP contribution is 2.29. The molecule has 3 aromatic carbocycles. The molecule has 0 bridgehead atoms.